The quantitative estimate of drug-likeness (QED) is 0.674. The highest BCUT2D eigenvalue weighted by atomic mass is 19.1. The molecule has 0 spiro atoms. The Balaban J connectivity index is 2.97. The van der Waals surface area contributed by atoms with Crippen LogP contribution in [0.5, 0.6) is 5.75 Å². The van der Waals surface area contributed by atoms with E-state index in [-0.39, 0.29) is 17.7 Å². The predicted octanol–water partition coefficient (Wildman–Crippen LogP) is 0.826. The third kappa shape index (κ3) is 1.84. The van der Waals surface area contributed by atoms with Crippen LogP contribution in [0, 0.1) is 0 Å². The summed E-state index contributed by atoms with van der Waals surface area (Å²) in [5.74, 6) is 0.242. The van der Waals surface area contributed by atoms with Crippen molar-refractivity contribution in [2.24, 2.45) is 0 Å². The molecule has 0 bridgehead atoms. The van der Waals surface area contributed by atoms with Gasteiger partial charge in [0.2, 0.25) is 5.43 Å². The van der Waals surface area contributed by atoms with Crippen LogP contribution in [0.4, 0.5) is 4.39 Å². The van der Waals surface area contributed by atoms with E-state index in [1.807, 2.05) is 0 Å². The van der Waals surface area contributed by atoms with Crippen molar-refractivity contribution in [2.45, 2.75) is 6.54 Å². The number of ether oxygens (including phenoxy) is 1. The Hall–Kier alpha value is -1.32. The van der Waals surface area contributed by atoms with Crippen molar-refractivity contribution >= 4 is 0 Å². The fourth-order valence-corrected chi connectivity index (χ4v) is 0.893. The molecule has 0 amide bonds. The molecule has 4 heteroatoms. The van der Waals surface area contributed by atoms with Gasteiger partial charge >= 0.3 is 0 Å². The summed E-state index contributed by atoms with van der Waals surface area (Å²) in [7, 11) is 1.41. The third-order valence-corrected chi connectivity index (χ3v) is 1.51. The van der Waals surface area contributed by atoms with Gasteiger partial charge in [-0.3, -0.25) is 4.79 Å². The molecular formula is C8H10FNO2. The molecular weight excluding hydrogens is 161 g/mol. The molecule has 1 rings (SSSR count). The maximum absolute atomic E-state index is 11.9. The molecule has 0 aliphatic carbocycles. The van der Waals surface area contributed by atoms with Gasteiger partial charge in [-0.05, 0) is 0 Å². The minimum absolute atomic E-state index is 0.187. The Morgan fingerprint density at radius 1 is 1.67 bits per heavy atom. The Morgan fingerprint density at radius 2 is 2.42 bits per heavy atom. The lowest BCUT2D eigenvalue weighted by Gasteiger charge is -2.04. The summed E-state index contributed by atoms with van der Waals surface area (Å²) >= 11 is 0. The fourth-order valence-electron chi connectivity index (χ4n) is 0.893. The molecule has 0 saturated carbocycles. The number of hydrogen-bond donors (Lipinski definition) is 0. The number of halogens is 1. The number of aryl methyl sites for hydroxylation is 1. The highest BCUT2D eigenvalue weighted by Crippen LogP contribution is 2.00. The summed E-state index contributed by atoms with van der Waals surface area (Å²) in [6.07, 6.45) is 3.02. The molecule has 0 atom stereocenters. The van der Waals surface area contributed by atoms with E-state index in [1.165, 1.54) is 25.6 Å². The number of methoxy groups -OCH3 is 1. The Kier molecular flexibility index (Phi) is 2.85. The Bertz CT molecular complexity index is 308. The number of pyridine rings is 1. The van der Waals surface area contributed by atoms with Crippen LogP contribution in [0.1, 0.15) is 0 Å². The van der Waals surface area contributed by atoms with Crippen LogP contribution >= 0.6 is 0 Å². The standard InChI is InChI=1S/C8H10FNO2/c1-12-8-6-10(5-3-9)4-2-7(8)11/h2,4,6H,3,5H2,1H3. The van der Waals surface area contributed by atoms with E-state index < -0.39 is 6.67 Å². The lowest BCUT2D eigenvalue weighted by molar-refractivity contribution is 0.398. The zero-order chi connectivity index (χ0) is 8.97. The van der Waals surface area contributed by atoms with Crippen LogP contribution in [-0.2, 0) is 6.54 Å². The first-order valence-electron chi connectivity index (χ1n) is 3.58. The monoisotopic (exact) mass is 171 g/mol. The first-order valence-corrected chi connectivity index (χ1v) is 3.58. The second kappa shape index (κ2) is 3.90. The van der Waals surface area contributed by atoms with Crippen molar-refractivity contribution in [1.29, 1.82) is 0 Å². The highest BCUT2D eigenvalue weighted by Gasteiger charge is 1.97. The largest absolute Gasteiger partial charge is 0.491 e. The van der Waals surface area contributed by atoms with Gasteiger partial charge in [0, 0.05) is 12.3 Å². The van der Waals surface area contributed by atoms with Gasteiger partial charge in [0.15, 0.2) is 5.75 Å². The summed E-state index contributed by atoms with van der Waals surface area (Å²) in [5, 5.41) is 0. The van der Waals surface area contributed by atoms with Crippen LogP contribution in [0.2, 0.25) is 0 Å². The van der Waals surface area contributed by atoms with Crippen LogP contribution in [0.25, 0.3) is 0 Å². The third-order valence-electron chi connectivity index (χ3n) is 1.51. The SMILES string of the molecule is COc1cn(CCF)ccc1=O. The molecule has 3 nitrogen and oxygen atoms in total. The molecule has 66 valence electrons. The van der Waals surface area contributed by atoms with Gasteiger partial charge in [-0.25, -0.2) is 4.39 Å². The number of aromatic nitrogens is 1. The number of alkyl halides is 1. The number of nitrogens with zero attached hydrogens (tertiary/aromatic N) is 1. The van der Waals surface area contributed by atoms with E-state index in [0.29, 0.717) is 0 Å². The molecule has 0 aliphatic rings. The summed E-state index contributed by atoms with van der Waals surface area (Å²) in [5.41, 5.74) is -0.187. The predicted molar refractivity (Wildman–Crippen MR) is 43.2 cm³/mol. The molecule has 1 heterocycles. The van der Waals surface area contributed by atoms with Gasteiger partial charge in [0.05, 0.1) is 19.9 Å². The molecule has 0 fully saturated rings. The van der Waals surface area contributed by atoms with Gasteiger partial charge in [0.1, 0.15) is 6.67 Å². The fraction of sp³-hybridized carbons (Fsp3) is 0.375. The van der Waals surface area contributed by atoms with Crippen molar-refractivity contribution in [3.63, 3.8) is 0 Å². The second-order valence-corrected chi connectivity index (χ2v) is 2.30. The van der Waals surface area contributed by atoms with Gasteiger partial charge in [0.25, 0.3) is 0 Å². The van der Waals surface area contributed by atoms with Crippen molar-refractivity contribution < 1.29 is 9.13 Å². The molecule has 0 unspecified atom stereocenters. The summed E-state index contributed by atoms with van der Waals surface area (Å²) in [6.45, 7) is -0.206. The zero-order valence-electron chi connectivity index (χ0n) is 6.79. The van der Waals surface area contributed by atoms with Crippen molar-refractivity contribution in [2.75, 3.05) is 13.8 Å². The van der Waals surface area contributed by atoms with Crippen molar-refractivity contribution in [3.8, 4) is 5.75 Å². The molecule has 12 heavy (non-hydrogen) atoms. The first-order chi connectivity index (χ1) is 5.77. The smallest absolute Gasteiger partial charge is 0.223 e. The number of hydrogen-bond acceptors (Lipinski definition) is 2. The zero-order valence-corrected chi connectivity index (χ0v) is 6.79. The second-order valence-electron chi connectivity index (χ2n) is 2.30. The van der Waals surface area contributed by atoms with Gasteiger partial charge < -0.3 is 9.30 Å². The van der Waals surface area contributed by atoms with Crippen molar-refractivity contribution in [3.05, 3.63) is 28.7 Å². The van der Waals surface area contributed by atoms with Gasteiger partial charge in [-0.1, -0.05) is 0 Å². The molecule has 0 aliphatic heterocycles. The Labute approximate surface area is 69.4 Å². The van der Waals surface area contributed by atoms with E-state index in [4.69, 9.17) is 4.74 Å². The maximum atomic E-state index is 11.9. The summed E-state index contributed by atoms with van der Waals surface area (Å²) in [6, 6.07) is 1.36. The van der Waals surface area contributed by atoms with E-state index in [0.717, 1.165) is 0 Å². The lowest BCUT2D eigenvalue weighted by atomic mass is 10.4. The molecule has 0 N–H and O–H groups in total. The van der Waals surface area contributed by atoms with Crippen LogP contribution in [0.3, 0.4) is 0 Å². The summed E-state index contributed by atoms with van der Waals surface area (Å²) in [4.78, 5) is 11.0. The average Bonchev–Trinajstić information content (AvgIpc) is 2.09. The Morgan fingerprint density at radius 3 is 3.00 bits per heavy atom. The normalized spacial score (nSPS) is 9.83. The minimum Gasteiger partial charge on any atom is -0.491 e. The van der Waals surface area contributed by atoms with Gasteiger partial charge in [-0.2, -0.15) is 0 Å². The highest BCUT2D eigenvalue weighted by molar-refractivity contribution is 5.16. The average molecular weight is 171 g/mol. The van der Waals surface area contributed by atoms with Gasteiger partial charge in [-0.15, -0.1) is 0 Å². The minimum atomic E-state index is -0.452. The van der Waals surface area contributed by atoms with Crippen molar-refractivity contribution in [1.82, 2.24) is 4.57 Å². The van der Waals surface area contributed by atoms with Crippen LogP contribution < -0.4 is 10.2 Å². The molecule has 1 aromatic rings. The van der Waals surface area contributed by atoms with E-state index in [2.05, 4.69) is 0 Å². The topological polar surface area (TPSA) is 31.2 Å². The van der Waals surface area contributed by atoms with Crippen LogP contribution in [-0.4, -0.2) is 18.4 Å². The molecule has 0 saturated heterocycles. The molecule has 1 aromatic heterocycles. The lowest BCUT2D eigenvalue weighted by Crippen LogP contribution is -2.09. The summed E-state index contributed by atoms with van der Waals surface area (Å²) < 4.78 is 18.2. The number of rotatable bonds is 3. The van der Waals surface area contributed by atoms with E-state index in [1.54, 1.807) is 4.57 Å². The van der Waals surface area contributed by atoms with Crippen LogP contribution in [0.15, 0.2) is 23.3 Å². The maximum Gasteiger partial charge on any atom is 0.223 e. The molecule has 0 radical (unpaired) electrons. The van der Waals surface area contributed by atoms with E-state index >= 15 is 0 Å². The first kappa shape index (κ1) is 8.77. The molecule has 0 aromatic carbocycles. The van der Waals surface area contributed by atoms with E-state index in [9.17, 15) is 9.18 Å².